The summed E-state index contributed by atoms with van der Waals surface area (Å²) in [5, 5.41) is 0. The number of aryl methyl sites for hydroxylation is 1. The standard InChI is InChI=1S/C21H28N4O/c1-17-6-3-9-20(23-17)12-18-8-5-11-25(15-18)21(26)16-24(2)14-19-7-4-10-22-13-19/h3-4,6-7,9-10,13,18H,5,8,11-12,14-16H2,1-2H3. The molecule has 0 N–H and O–H groups in total. The van der Waals surface area contributed by atoms with Gasteiger partial charge in [0, 0.05) is 43.4 Å². The van der Waals surface area contributed by atoms with Crippen LogP contribution in [0.15, 0.2) is 42.7 Å². The van der Waals surface area contributed by atoms with E-state index in [1.807, 2.05) is 43.3 Å². The highest BCUT2D eigenvalue weighted by Gasteiger charge is 2.24. The number of aromatic nitrogens is 2. The molecule has 0 bridgehead atoms. The lowest BCUT2D eigenvalue weighted by Crippen LogP contribution is -2.44. The van der Waals surface area contributed by atoms with Crippen LogP contribution in [0.5, 0.6) is 0 Å². The molecule has 0 aromatic carbocycles. The van der Waals surface area contributed by atoms with E-state index in [-0.39, 0.29) is 5.91 Å². The Bertz CT molecular complexity index is 719. The molecular weight excluding hydrogens is 324 g/mol. The number of carbonyl (C=O) groups excluding carboxylic acids is 1. The zero-order chi connectivity index (χ0) is 18.4. The van der Waals surface area contributed by atoms with Gasteiger partial charge in [-0.3, -0.25) is 19.7 Å². The van der Waals surface area contributed by atoms with Crippen molar-refractivity contribution in [1.82, 2.24) is 19.8 Å². The van der Waals surface area contributed by atoms with Gasteiger partial charge in [0.05, 0.1) is 6.54 Å². The molecule has 1 fully saturated rings. The fourth-order valence-electron chi connectivity index (χ4n) is 3.66. The summed E-state index contributed by atoms with van der Waals surface area (Å²) in [5.74, 6) is 0.726. The minimum atomic E-state index is 0.221. The fourth-order valence-corrected chi connectivity index (χ4v) is 3.66. The second kappa shape index (κ2) is 8.90. The van der Waals surface area contributed by atoms with E-state index in [9.17, 15) is 4.79 Å². The Morgan fingerprint density at radius 1 is 1.31 bits per heavy atom. The fraction of sp³-hybridized carbons (Fsp3) is 0.476. The third-order valence-electron chi connectivity index (χ3n) is 4.90. The van der Waals surface area contributed by atoms with Gasteiger partial charge in [-0.2, -0.15) is 0 Å². The number of amides is 1. The van der Waals surface area contributed by atoms with Crippen LogP contribution in [-0.4, -0.2) is 52.4 Å². The summed E-state index contributed by atoms with van der Waals surface area (Å²) in [7, 11) is 1.99. The van der Waals surface area contributed by atoms with Gasteiger partial charge in [0.1, 0.15) is 0 Å². The molecule has 138 valence electrons. The largest absolute Gasteiger partial charge is 0.341 e. The van der Waals surface area contributed by atoms with Gasteiger partial charge >= 0.3 is 0 Å². The lowest BCUT2D eigenvalue weighted by atomic mass is 9.93. The Labute approximate surface area is 156 Å². The third-order valence-corrected chi connectivity index (χ3v) is 4.90. The van der Waals surface area contributed by atoms with E-state index in [2.05, 4.69) is 27.0 Å². The maximum absolute atomic E-state index is 12.7. The maximum Gasteiger partial charge on any atom is 0.236 e. The van der Waals surface area contributed by atoms with Crippen LogP contribution in [0.4, 0.5) is 0 Å². The van der Waals surface area contributed by atoms with Gasteiger partial charge in [-0.1, -0.05) is 12.1 Å². The van der Waals surface area contributed by atoms with E-state index in [4.69, 9.17) is 0 Å². The van der Waals surface area contributed by atoms with E-state index in [1.165, 1.54) is 6.42 Å². The minimum Gasteiger partial charge on any atom is -0.341 e. The van der Waals surface area contributed by atoms with Crippen molar-refractivity contribution >= 4 is 5.91 Å². The number of hydrogen-bond acceptors (Lipinski definition) is 4. The van der Waals surface area contributed by atoms with Crippen molar-refractivity contribution in [3.05, 3.63) is 59.7 Å². The van der Waals surface area contributed by atoms with Crippen molar-refractivity contribution in [2.75, 3.05) is 26.7 Å². The van der Waals surface area contributed by atoms with Crippen molar-refractivity contribution in [1.29, 1.82) is 0 Å². The zero-order valence-corrected chi connectivity index (χ0v) is 15.8. The molecule has 3 heterocycles. The molecule has 0 aliphatic carbocycles. The summed E-state index contributed by atoms with van der Waals surface area (Å²) in [6.45, 7) is 4.93. The SMILES string of the molecule is Cc1cccc(CC2CCCN(C(=O)CN(C)Cc3cccnc3)C2)n1. The topological polar surface area (TPSA) is 49.3 Å². The summed E-state index contributed by atoms with van der Waals surface area (Å²) in [4.78, 5) is 25.5. The Morgan fingerprint density at radius 3 is 2.96 bits per heavy atom. The summed E-state index contributed by atoms with van der Waals surface area (Å²) in [6, 6.07) is 10.2. The van der Waals surface area contributed by atoms with E-state index in [0.717, 1.165) is 49.4 Å². The summed E-state index contributed by atoms with van der Waals surface area (Å²) >= 11 is 0. The number of likely N-dealkylation sites (tertiary alicyclic amines) is 1. The molecule has 1 amide bonds. The van der Waals surface area contributed by atoms with Gasteiger partial charge in [-0.05, 0) is 62.9 Å². The molecule has 2 aromatic rings. The van der Waals surface area contributed by atoms with Crippen LogP contribution >= 0.6 is 0 Å². The molecule has 1 atom stereocenters. The molecule has 1 aliphatic heterocycles. The molecule has 2 aromatic heterocycles. The molecule has 1 unspecified atom stereocenters. The summed E-state index contributed by atoms with van der Waals surface area (Å²) < 4.78 is 0. The van der Waals surface area contributed by atoms with E-state index in [0.29, 0.717) is 12.5 Å². The van der Waals surface area contributed by atoms with Crippen LogP contribution in [0.25, 0.3) is 0 Å². The van der Waals surface area contributed by atoms with Crippen LogP contribution in [0.2, 0.25) is 0 Å². The quantitative estimate of drug-likeness (QED) is 0.802. The van der Waals surface area contributed by atoms with Gasteiger partial charge in [-0.15, -0.1) is 0 Å². The first-order valence-electron chi connectivity index (χ1n) is 9.38. The number of rotatable bonds is 6. The van der Waals surface area contributed by atoms with Crippen molar-refractivity contribution < 1.29 is 4.79 Å². The summed E-state index contributed by atoms with van der Waals surface area (Å²) in [5.41, 5.74) is 3.33. The first-order valence-corrected chi connectivity index (χ1v) is 9.38. The highest BCUT2D eigenvalue weighted by molar-refractivity contribution is 5.78. The zero-order valence-electron chi connectivity index (χ0n) is 15.8. The molecule has 0 radical (unpaired) electrons. The van der Waals surface area contributed by atoms with Gasteiger partial charge in [-0.25, -0.2) is 0 Å². The van der Waals surface area contributed by atoms with Crippen LogP contribution in [0.3, 0.4) is 0 Å². The van der Waals surface area contributed by atoms with Crippen LogP contribution in [-0.2, 0) is 17.8 Å². The lowest BCUT2D eigenvalue weighted by Gasteiger charge is -2.33. The second-order valence-corrected chi connectivity index (χ2v) is 7.36. The van der Waals surface area contributed by atoms with Gasteiger partial charge < -0.3 is 4.90 Å². The number of nitrogens with zero attached hydrogens (tertiary/aromatic N) is 4. The van der Waals surface area contributed by atoms with Crippen molar-refractivity contribution in [2.24, 2.45) is 5.92 Å². The molecule has 5 nitrogen and oxygen atoms in total. The Kier molecular flexibility index (Phi) is 6.34. The van der Waals surface area contributed by atoms with Crippen LogP contribution < -0.4 is 0 Å². The highest BCUT2D eigenvalue weighted by Crippen LogP contribution is 2.20. The molecule has 1 aliphatic rings. The monoisotopic (exact) mass is 352 g/mol. The molecular formula is C21H28N4O. The van der Waals surface area contributed by atoms with Crippen molar-refractivity contribution in [2.45, 2.75) is 32.7 Å². The van der Waals surface area contributed by atoms with Crippen LogP contribution in [0.1, 0.15) is 29.8 Å². The van der Waals surface area contributed by atoms with E-state index < -0.39 is 0 Å². The second-order valence-electron chi connectivity index (χ2n) is 7.36. The Hall–Kier alpha value is -2.27. The predicted molar refractivity (Wildman–Crippen MR) is 103 cm³/mol. The normalized spacial score (nSPS) is 17.5. The first kappa shape index (κ1) is 18.5. The van der Waals surface area contributed by atoms with Crippen molar-refractivity contribution in [3.63, 3.8) is 0 Å². The molecule has 3 rings (SSSR count). The molecule has 0 spiro atoms. The van der Waals surface area contributed by atoms with Crippen molar-refractivity contribution in [3.8, 4) is 0 Å². The maximum atomic E-state index is 12.7. The predicted octanol–water partition coefficient (Wildman–Crippen LogP) is 2.70. The number of likely N-dealkylation sites (N-methyl/N-ethyl adjacent to an activating group) is 1. The average Bonchev–Trinajstić information content (AvgIpc) is 2.62. The Balaban J connectivity index is 1.51. The first-order chi connectivity index (χ1) is 12.6. The van der Waals surface area contributed by atoms with E-state index >= 15 is 0 Å². The lowest BCUT2D eigenvalue weighted by molar-refractivity contribution is -0.134. The van der Waals surface area contributed by atoms with Gasteiger partial charge in [0.25, 0.3) is 0 Å². The molecule has 5 heteroatoms. The van der Waals surface area contributed by atoms with E-state index in [1.54, 1.807) is 6.20 Å². The highest BCUT2D eigenvalue weighted by atomic mass is 16.2. The Morgan fingerprint density at radius 2 is 2.19 bits per heavy atom. The van der Waals surface area contributed by atoms with Gasteiger partial charge in [0.15, 0.2) is 0 Å². The number of hydrogen-bond donors (Lipinski definition) is 0. The van der Waals surface area contributed by atoms with Crippen LogP contribution in [0, 0.1) is 12.8 Å². The number of piperidine rings is 1. The van der Waals surface area contributed by atoms with Gasteiger partial charge in [0.2, 0.25) is 5.91 Å². The third kappa shape index (κ3) is 5.36. The molecule has 0 saturated carbocycles. The molecule has 1 saturated heterocycles. The minimum absolute atomic E-state index is 0.221. The summed E-state index contributed by atoms with van der Waals surface area (Å²) in [6.07, 6.45) is 6.83. The smallest absolute Gasteiger partial charge is 0.236 e. The molecule has 26 heavy (non-hydrogen) atoms. The number of pyridine rings is 2. The average molecular weight is 352 g/mol. The number of carbonyl (C=O) groups is 1.